The molecule has 1 heterocycles. The van der Waals surface area contributed by atoms with E-state index in [1.807, 2.05) is 103 Å². The third-order valence-corrected chi connectivity index (χ3v) is 9.15. The lowest BCUT2D eigenvalue weighted by Gasteiger charge is -2.13. The van der Waals surface area contributed by atoms with Gasteiger partial charge in [0, 0.05) is 16.7 Å². The average Bonchev–Trinajstić information content (AvgIpc) is 3.37. The van der Waals surface area contributed by atoms with Crippen LogP contribution in [0.3, 0.4) is 0 Å². The molecule has 0 aliphatic heterocycles. The van der Waals surface area contributed by atoms with Gasteiger partial charge in [-0.15, -0.1) is 0 Å². The van der Waals surface area contributed by atoms with Crippen molar-refractivity contribution in [2.75, 3.05) is 0 Å². The molecular formula is C51H33N3. The van der Waals surface area contributed by atoms with Crippen molar-refractivity contribution in [1.29, 1.82) is 0 Å². The van der Waals surface area contributed by atoms with Gasteiger partial charge >= 0.3 is 0 Å². The predicted molar refractivity (Wildman–Crippen MR) is 225 cm³/mol. The SMILES string of the molecule is [2H]c1c([2H])c(-c2c([2H])c([2H])c3c4c([2H])c([2H])c([2H])c([2H])c4c4c([2H])c([2H])c([2H])c([2H])c4c3c2[2H])c([2H])c([2H])c1-c1nc(-c2cccc(-c3ccccc3)c2)nc(-c2ccccc2-c2ccccc2)n1. The Balaban J connectivity index is 1.27. The zero-order valence-electron chi connectivity index (χ0n) is 43.2. The van der Waals surface area contributed by atoms with Crippen molar-refractivity contribution in [3.05, 3.63) is 200 Å². The molecule has 0 spiro atoms. The van der Waals surface area contributed by atoms with Crippen molar-refractivity contribution in [2.45, 2.75) is 0 Å². The topological polar surface area (TPSA) is 38.7 Å². The minimum atomic E-state index is -0.782. The monoisotopic (exact) mass is 702 g/mol. The molecule has 9 aromatic carbocycles. The minimum Gasteiger partial charge on any atom is -0.208 e. The number of fused-ring (bicyclic) bond motifs is 6. The average molecular weight is 703 g/mol. The molecule has 3 nitrogen and oxygen atoms in total. The van der Waals surface area contributed by atoms with Crippen LogP contribution in [0.25, 0.3) is 99.9 Å². The molecule has 1 aromatic heterocycles. The summed E-state index contributed by atoms with van der Waals surface area (Å²) in [6.45, 7) is 0. The molecular weight excluding hydrogens is 655 g/mol. The Morgan fingerprint density at radius 3 is 1.43 bits per heavy atom. The second-order valence-electron chi connectivity index (χ2n) is 12.4. The van der Waals surface area contributed by atoms with E-state index in [9.17, 15) is 9.60 Å². The number of benzene rings is 9. The Morgan fingerprint density at radius 1 is 0.296 bits per heavy atom. The molecule has 0 N–H and O–H groups in total. The maximum Gasteiger partial charge on any atom is 0.164 e. The first-order chi connectivity index (χ1) is 33.0. The second kappa shape index (κ2) is 13.4. The lowest BCUT2D eigenvalue weighted by molar-refractivity contribution is 1.07. The lowest BCUT2D eigenvalue weighted by Crippen LogP contribution is -2.01. The Kier molecular flexibility index (Phi) is 4.85. The third kappa shape index (κ3) is 5.69. The van der Waals surface area contributed by atoms with E-state index in [1.165, 1.54) is 0 Å². The highest BCUT2D eigenvalue weighted by Gasteiger charge is 2.17. The van der Waals surface area contributed by atoms with E-state index >= 15 is 0 Å². The Morgan fingerprint density at radius 2 is 0.759 bits per heavy atom. The summed E-state index contributed by atoms with van der Waals surface area (Å²) in [5, 5.41) is -2.19. The number of rotatable bonds is 6. The molecule has 0 radical (unpaired) electrons. The van der Waals surface area contributed by atoms with Crippen LogP contribution in [0.2, 0.25) is 0 Å². The molecule has 3 heteroatoms. The number of hydrogen-bond donors (Lipinski definition) is 0. The van der Waals surface area contributed by atoms with Crippen LogP contribution in [0.15, 0.2) is 200 Å². The fraction of sp³-hybridized carbons (Fsp3) is 0. The van der Waals surface area contributed by atoms with Crippen LogP contribution in [0.5, 0.6) is 0 Å². The standard InChI is InChI=1S/C51H33N3/c1-3-14-34(15-4-1)38-18-13-19-40(32-38)50-52-49(53-51(54-50)47-25-12-7-20-41(47)36-16-5-2-6-17-36)37-28-26-35(27-29-37)39-30-31-46-44-23-9-8-21-42(44)43-22-10-11-24-45(43)48(46)33-39/h1-33H/i8D,9D,10D,11D,21D,22D,23D,24D,26D,27D,28D,29D,30D,31D,33D. The molecule has 252 valence electrons. The van der Waals surface area contributed by atoms with Crippen LogP contribution in [0.4, 0.5) is 0 Å². The Hall–Kier alpha value is -7.23. The molecule has 0 aliphatic carbocycles. The van der Waals surface area contributed by atoms with E-state index in [0.29, 0.717) is 11.1 Å². The largest absolute Gasteiger partial charge is 0.208 e. The van der Waals surface area contributed by atoms with Crippen molar-refractivity contribution in [2.24, 2.45) is 0 Å². The van der Waals surface area contributed by atoms with Gasteiger partial charge in [0.1, 0.15) is 0 Å². The number of nitrogens with zero attached hydrogens (tertiary/aromatic N) is 3. The van der Waals surface area contributed by atoms with Crippen LogP contribution < -0.4 is 0 Å². The Bertz CT molecular complexity index is 3780. The highest BCUT2D eigenvalue weighted by Crippen LogP contribution is 2.38. The molecule has 0 saturated heterocycles. The number of hydrogen-bond acceptors (Lipinski definition) is 3. The predicted octanol–water partition coefficient (Wildman–Crippen LogP) is 13.3. The van der Waals surface area contributed by atoms with Crippen LogP contribution in [-0.2, 0) is 0 Å². The maximum atomic E-state index is 9.68. The van der Waals surface area contributed by atoms with Crippen LogP contribution in [0.1, 0.15) is 20.6 Å². The fourth-order valence-electron chi connectivity index (χ4n) is 6.58. The van der Waals surface area contributed by atoms with Gasteiger partial charge in [-0.2, -0.15) is 0 Å². The first-order valence-corrected chi connectivity index (χ1v) is 17.1. The highest BCUT2D eigenvalue weighted by atomic mass is 15.0. The first kappa shape index (κ1) is 19.6. The Labute approximate surface area is 335 Å². The van der Waals surface area contributed by atoms with Gasteiger partial charge in [0.15, 0.2) is 17.5 Å². The molecule has 10 rings (SSSR count). The van der Waals surface area contributed by atoms with E-state index in [1.54, 1.807) is 6.07 Å². The van der Waals surface area contributed by atoms with Gasteiger partial charge in [0.05, 0.1) is 20.6 Å². The van der Waals surface area contributed by atoms with Crippen molar-refractivity contribution in [1.82, 2.24) is 15.0 Å². The molecule has 0 bridgehead atoms. The first-order valence-electron chi connectivity index (χ1n) is 24.6. The van der Waals surface area contributed by atoms with Crippen molar-refractivity contribution in [3.63, 3.8) is 0 Å². The summed E-state index contributed by atoms with van der Waals surface area (Å²) in [5.41, 5.74) is 3.08. The molecule has 0 unspecified atom stereocenters. The van der Waals surface area contributed by atoms with Gasteiger partial charge in [-0.25, -0.2) is 15.0 Å². The number of aromatic nitrogens is 3. The second-order valence-corrected chi connectivity index (χ2v) is 12.4. The van der Waals surface area contributed by atoms with Crippen LogP contribution >= 0.6 is 0 Å². The molecule has 0 fully saturated rings. The quantitative estimate of drug-likeness (QED) is 0.162. The molecule has 0 saturated carbocycles. The van der Waals surface area contributed by atoms with Crippen molar-refractivity contribution >= 4 is 32.3 Å². The van der Waals surface area contributed by atoms with E-state index in [4.69, 9.17) is 25.9 Å². The summed E-state index contributed by atoms with van der Waals surface area (Å²) in [6, 6.07) is 23.5. The van der Waals surface area contributed by atoms with E-state index in [-0.39, 0.29) is 50.0 Å². The normalized spacial score (nSPS) is 15.2. The molecule has 54 heavy (non-hydrogen) atoms. The molecule has 10 aromatic rings. The fourth-order valence-corrected chi connectivity index (χ4v) is 6.58. The zero-order valence-corrected chi connectivity index (χ0v) is 28.2. The minimum absolute atomic E-state index is 0.161. The highest BCUT2D eigenvalue weighted by molar-refractivity contribution is 6.25. The van der Waals surface area contributed by atoms with Gasteiger partial charge in [0.25, 0.3) is 0 Å². The van der Waals surface area contributed by atoms with Crippen LogP contribution in [-0.4, -0.2) is 15.0 Å². The van der Waals surface area contributed by atoms with Crippen molar-refractivity contribution < 1.29 is 20.6 Å². The van der Waals surface area contributed by atoms with Gasteiger partial charge in [-0.3, -0.25) is 0 Å². The molecule has 0 atom stereocenters. The third-order valence-electron chi connectivity index (χ3n) is 9.15. The summed E-state index contributed by atoms with van der Waals surface area (Å²) in [7, 11) is 0. The van der Waals surface area contributed by atoms with E-state index < -0.39 is 107 Å². The van der Waals surface area contributed by atoms with Crippen LogP contribution in [0, 0.1) is 0 Å². The van der Waals surface area contributed by atoms with Gasteiger partial charge in [0.2, 0.25) is 0 Å². The summed E-state index contributed by atoms with van der Waals surface area (Å²) < 4.78 is 136. The summed E-state index contributed by atoms with van der Waals surface area (Å²) in [5.74, 6) is 0.108. The maximum absolute atomic E-state index is 9.68. The summed E-state index contributed by atoms with van der Waals surface area (Å²) in [4.78, 5) is 14.5. The van der Waals surface area contributed by atoms with E-state index in [0.717, 1.165) is 22.3 Å². The summed E-state index contributed by atoms with van der Waals surface area (Å²) >= 11 is 0. The molecule has 0 aliphatic rings. The summed E-state index contributed by atoms with van der Waals surface area (Å²) in [6.07, 6.45) is 0. The van der Waals surface area contributed by atoms with Crippen molar-refractivity contribution in [3.8, 4) is 67.5 Å². The lowest BCUT2D eigenvalue weighted by atomic mass is 9.92. The molecule has 0 amide bonds. The van der Waals surface area contributed by atoms with Gasteiger partial charge in [-0.05, 0) is 77.8 Å². The van der Waals surface area contributed by atoms with Gasteiger partial charge in [-0.1, -0.05) is 188 Å². The van der Waals surface area contributed by atoms with Gasteiger partial charge < -0.3 is 0 Å². The zero-order chi connectivity index (χ0) is 48.9. The van der Waals surface area contributed by atoms with E-state index in [2.05, 4.69) is 0 Å². The smallest absolute Gasteiger partial charge is 0.164 e.